The van der Waals surface area contributed by atoms with Crippen LogP contribution in [0.5, 0.6) is 0 Å². The molecule has 2 aliphatic rings. The van der Waals surface area contributed by atoms with Crippen LogP contribution in [0.1, 0.15) is 28.4 Å². The van der Waals surface area contributed by atoms with Gasteiger partial charge in [0.05, 0.1) is 22.8 Å². The lowest BCUT2D eigenvalue weighted by Gasteiger charge is -2.44. The zero-order valence-corrected chi connectivity index (χ0v) is 15.1. The molecule has 0 saturated carbocycles. The number of para-hydroxylation sites is 2. The molecule has 1 unspecified atom stereocenters. The molecule has 0 fully saturated rings. The monoisotopic (exact) mass is 364 g/mol. The van der Waals surface area contributed by atoms with E-state index in [0.29, 0.717) is 0 Å². The van der Waals surface area contributed by atoms with Crippen molar-refractivity contribution in [1.82, 2.24) is 4.57 Å². The fourth-order valence-electron chi connectivity index (χ4n) is 4.51. The van der Waals surface area contributed by atoms with Crippen LogP contribution in [0.15, 0.2) is 91.1 Å². The maximum atomic E-state index is 14.2. The van der Waals surface area contributed by atoms with E-state index in [2.05, 4.69) is 82.4 Å². The summed E-state index contributed by atoms with van der Waals surface area (Å²) in [5, 5.41) is 0. The van der Waals surface area contributed by atoms with E-state index in [9.17, 15) is 4.39 Å². The first-order valence-electron chi connectivity index (χ1n) is 9.44. The Morgan fingerprint density at radius 2 is 1.54 bits per heavy atom. The van der Waals surface area contributed by atoms with Gasteiger partial charge in [-0.2, -0.15) is 0 Å². The average Bonchev–Trinajstić information content (AvgIpc) is 3.24. The first-order valence-corrected chi connectivity index (χ1v) is 9.44. The Kier molecular flexibility index (Phi) is 3.15. The van der Waals surface area contributed by atoms with Crippen LogP contribution in [-0.2, 0) is 0 Å². The van der Waals surface area contributed by atoms with E-state index < -0.39 is 0 Å². The molecule has 0 saturated heterocycles. The van der Waals surface area contributed by atoms with Gasteiger partial charge in [-0.15, -0.1) is 0 Å². The Hall–Kier alpha value is -3.59. The number of halogens is 1. The molecule has 2 nitrogen and oxygen atoms in total. The van der Waals surface area contributed by atoms with Crippen molar-refractivity contribution in [3.05, 3.63) is 119 Å². The second kappa shape index (κ2) is 5.70. The maximum absolute atomic E-state index is 14.2. The maximum Gasteiger partial charge on any atom is 0.123 e. The number of nitrogens with zero attached hydrogens (tertiary/aromatic N) is 2. The number of benzene rings is 3. The summed E-state index contributed by atoms with van der Waals surface area (Å²) < 4.78 is 16.4. The van der Waals surface area contributed by atoms with Gasteiger partial charge >= 0.3 is 0 Å². The highest BCUT2D eigenvalue weighted by molar-refractivity contribution is 5.96. The molecule has 1 atom stereocenters. The van der Waals surface area contributed by atoms with E-state index in [1.165, 1.54) is 0 Å². The minimum Gasteiger partial charge on any atom is -0.326 e. The third kappa shape index (κ3) is 2.07. The summed E-state index contributed by atoms with van der Waals surface area (Å²) in [5.74, 6) is -0.202. The molecule has 4 aromatic rings. The van der Waals surface area contributed by atoms with Gasteiger partial charge in [-0.25, -0.2) is 4.39 Å². The Morgan fingerprint density at radius 1 is 0.750 bits per heavy atom. The van der Waals surface area contributed by atoms with Crippen LogP contribution in [0.4, 0.5) is 10.1 Å². The molecule has 2 aliphatic heterocycles. The van der Waals surface area contributed by atoms with E-state index in [1.807, 2.05) is 12.1 Å². The highest BCUT2D eigenvalue weighted by atomic mass is 19.1. The van der Waals surface area contributed by atoms with Crippen molar-refractivity contribution in [1.29, 1.82) is 0 Å². The summed E-state index contributed by atoms with van der Waals surface area (Å²) in [4.78, 5) is 2.35. The second-order valence-corrected chi connectivity index (χ2v) is 7.23. The van der Waals surface area contributed by atoms with Gasteiger partial charge in [0.1, 0.15) is 11.9 Å². The second-order valence-electron chi connectivity index (χ2n) is 7.23. The fraction of sp³-hybridized carbons (Fsp3) is 0.0400. The van der Waals surface area contributed by atoms with Crippen LogP contribution in [0.25, 0.3) is 17.5 Å². The van der Waals surface area contributed by atoms with E-state index in [-0.39, 0.29) is 11.9 Å². The summed E-state index contributed by atoms with van der Waals surface area (Å²) in [6.45, 7) is 0. The third-order valence-electron chi connectivity index (χ3n) is 5.68. The van der Waals surface area contributed by atoms with Gasteiger partial charge in [0.15, 0.2) is 0 Å². The van der Waals surface area contributed by atoms with E-state index in [1.54, 1.807) is 12.1 Å². The normalized spacial score (nSPS) is 16.5. The molecule has 0 bridgehead atoms. The number of rotatable bonds is 1. The van der Waals surface area contributed by atoms with Crippen LogP contribution in [0.2, 0.25) is 0 Å². The zero-order valence-electron chi connectivity index (χ0n) is 15.1. The van der Waals surface area contributed by atoms with Gasteiger partial charge in [0, 0.05) is 6.20 Å². The molecule has 0 radical (unpaired) electrons. The zero-order chi connectivity index (χ0) is 18.7. The van der Waals surface area contributed by atoms with Crippen molar-refractivity contribution in [3.63, 3.8) is 0 Å². The van der Waals surface area contributed by atoms with Gasteiger partial charge in [-0.3, -0.25) is 0 Å². The Morgan fingerprint density at radius 3 is 2.39 bits per heavy atom. The van der Waals surface area contributed by atoms with E-state index in [4.69, 9.17) is 0 Å². The number of anilines is 1. The lowest BCUT2D eigenvalue weighted by molar-refractivity contribution is 0.620. The van der Waals surface area contributed by atoms with Crippen LogP contribution >= 0.6 is 0 Å². The Balaban J connectivity index is 1.71. The molecule has 3 aromatic carbocycles. The largest absolute Gasteiger partial charge is 0.326 e. The average molecular weight is 364 g/mol. The van der Waals surface area contributed by atoms with Crippen molar-refractivity contribution < 1.29 is 4.39 Å². The highest BCUT2D eigenvalue weighted by Gasteiger charge is 2.38. The quantitative estimate of drug-likeness (QED) is 0.400. The smallest absolute Gasteiger partial charge is 0.123 e. The molecule has 0 amide bonds. The molecule has 3 heteroatoms. The Labute approximate surface area is 162 Å². The predicted octanol–water partition coefficient (Wildman–Crippen LogP) is 6.04. The van der Waals surface area contributed by atoms with Gasteiger partial charge in [0.2, 0.25) is 0 Å². The lowest BCUT2D eigenvalue weighted by Crippen LogP contribution is -2.36. The van der Waals surface area contributed by atoms with Crippen molar-refractivity contribution in [3.8, 4) is 5.69 Å². The standard InChI is InChI=1S/C25H17FN2/c26-19-13-12-18-15-24(17-7-2-1-3-8-17)28-22-10-5-4-9-21(22)27-14-6-11-23(27)25(28)20(18)16-19/h1-16,25H. The summed E-state index contributed by atoms with van der Waals surface area (Å²) in [5.41, 5.74) is 7.75. The van der Waals surface area contributed by atoms with Crippen molar-refractivity contribution >= 4 is 17.5 Å². The van der Waals surface area contributed by atoms with Crippen LogP contribution in [-0.4, -0.2) is 4.57 Å². The number of hydrogen-bond donors (Lipinski definition) is 0. The van der Waals surface area contributed by atoms with E-state index in [0.717, 1.165) is 39.5 Å². The fourth-order valence-corrected chi connectivity index (χ4v) is 4.51. The topological polar surface area (TPSA) is 8.17 Å². The van der Waals surface area contributed by atoms with Gasteiger partial charge in [0.25, 0.3) is 0 Å². The molecule has 134 valence electrons. The molecule has 28 heavy (non-hydrogen) atoms. The van der Waals surface area contributed by atoms with Crippen molar-refractivity contribution in [2.24, 2.45) is 0 Å². The SMILES string of the molecule is Fc1ccc2c(c1)C1c3cccn3-c3ccccc3N1C(c1ccccc1)=C2. The summed E-state index contributed by atoms with van der Waals surface area (Å²) in [6.07, 6.45) is 4.26. The Bertz CT molecular complexity index is 1240. The number of fused-ring (bicyclic) bond motifs is 8. The molecule has 1 aromatic heterocycles. The first kappa shape index (κ1) is 15.5. The molecule has 6 rings (SSSR count). The predicted molar refractivity (Wildman–Crippen MR) is 111 cm³/mol. The summed E-state index contributed by atoms with van der Waals surface area (Å²) in [6, 6.07) is 28.1. The summed E-state index contributed by atoms with van der Waals surface area (Å²) >= 11 is 0. The minimum atomic E-state index is -0.202. The molecule has 3 heterocycles. The third-order valence-corrected chi connectivity index (χ3v) is 5.68. The van der Waals surface area contributed by atoms with Gasteiger partial charge in [-0.05, 0) is 59.2 Å². The van der Waals surface area contributed by atoms with Crippen LogP contribution in [0, 0.1) is 5.82 Å². The van der Waals surface area contributed by atoms with Crippen LogP contribution in [0.3, 0.4) is 0 Å². The highest BCUT2D eigenvalue weighted by Crippen LogP contribution is 2.50. The number of hydrogen-bond acceptors (Lipinski definition) is 1. The van der Waals surface area contributed by atoms with Crippen LogP contribution < -0.4 is 4.90 Å². The van der Waals surface area contributed by atoms with Crippen molar-refractivity contribution in [2.45, 2.75) is 6.04 Å². The van der Waals surface area contributed by atoms with Gasteiger partial charge in [-0.1, -0.05) is 48.5 Å². The van der Waals surface area contributed by atoms with Crippen molar-refractivity contribution in [2.75, 3.05) is 4.90 Å². The van der Waals surface area contributed by atoms with E-state index >= 15 is 0 Å². The molecular formula is C25H17FN2. The first-order chi connectivity index (χ1) is 13.8. The molecule has 0 N–H and O–H groups in total. The molecule has 0 spiro atoms. The number of aromatic nitrogens is 1. The molecular weight excluding hydrogens is 347 g/mol. The lowest BCUT2D eigenvalue weighted by atomic mass is 9.87. The minimum absolute atomic E-state index is 0.0733. The van der Waals surface area contributed by atoms with Gasteiger partial charge < -0.3 is 9.47 Å². The summed E-state index contributed by atoms with van der Waals surface area (Å²) in [7, 11) is 0. The molecule has 0 aliphatic carbocycles.